The van der Waals surface area contributed by atoms with E-state index >= 15 is 0 Å². The van der Waals surface area contributed by atoms with Crippen LogP contribution < -0.4 is 9.47 Å². The van der Waals surface area contributed by atoms with Gasteiger partial charge in [0, 0.05) is 12.0 Å². The summed E-state index contributed by atoms with van der Waals surface area (Å²) in [6.07, 6.45) is 1.99. The molecule has 0 aliphatic rings. The molecule has 1 atom stereocenters. The van der Waals surface area contributed by atoms with Gasteiger partial charge in [0.25, 0.3) is 0 Å². The lowest BCUT2D eigenvalue weighted by atomic mass is 10.0. The molecule has 0 amide bonds. The number of nitrogens with zero attached hydrogens (tertiary/aromatic N) is 1. The Hall–Kier alpha value is -2.84. The van der Waals surface area contributed by atoms with Gasteiger partial charge >= 0.3 is 5.97 Å². The van der Waals surface area contributed by atoms with Gasteiger partial charge in [0.2, 0.25) is 6.10 Å². The average Bonchev–Trinajstić information content (AvgIpc) is 2.85. The lowest BCUT2D eigenvalue weighted by molar-refractivity contribution is -0.156. The third-order valence-electron chi connectivity index (χ3n) is 5.04. The minimum absolute atomic E-state index is 0.297. The number of ether oxygens (including phenoxy) is 3. The Morgan fingerprint density at radius 3 is 2.37 bits per heavy atom. The summed E-state index contributed by atoms with van der Waals surface area (Å²) in [5.41, 5.74) is 2.97. The highest BCUT2D eigenvalue weighted by atomic mass is 79.9. The van der Waals surface area contributed by atoms with Crippen LogP contribution in [-0.4, -0.2) is 32.0 Å². The molecule has 3 rings (SSSR count). The summed E-state index contributed by atoms with van der Waals surface area (Å²) in [5.74, 6) is 1.68. The largest absolute Gasteiger partial charge is 0.496 e. The van der Waals surface area contributed by atoms with Gasteiger partial charge in [0.1, 0.15) is 11.5 Å². The number of rotatable bonds is 11. The molecule has 0 spiro atoms. The summed E-state index contributed by atoms with van der Waals surface area (Å²) in [4.78, 5) is 17.2. The third kappa shape index (κ3) is 7.57. The number of hydrogen-bond donors (Lipinski definition) is 0. The number of halogens is 2. The zero-order valence-electron chi connectivity index (χ0n) is 19.8. The summed E-state index contributed by atoms with van der Waals surface area (Å²) in [6.45, 7) is 3.88. The van der Waals surface area contributed by atoms with Crippen molar-refractivity contribution in [2.45, 2.75) is 32.8 Å². The van der Waals surface area contributed by atoms with Crippen LogP contribution in [0.2, 0.25) is 0 Å². The van der Waals surface area contributed by atoms with Gasteiger partial charge in [0.05, 0.1) is 28.9 Å². The monoisotopic (exact) mass is 603 g/mol. The van der Waals surface area contributed by atoms with Crippen molar-refractivity contribution in [3.8, 4) is 17.2 Å². The minimum Gasteiger partial charge on any atom is -0.496 e. The molecule has 0 radical (unpaired) electrons. The molecule has 3 aromatic rings. The smallest absolute Gasteiger partial charge is 0.350 e. The van der Waals surface area contributed by atoms with E-state index in [4.69, 9.17) is 19.0 Å². The highest BCUT2D eigenvalue weighted by Crippen LogP contribution is 2.39. The maximum Gasteiger partial charge on any atom is 0.350 e. The molecule has 0 aliphatic heterocycles. The van der Waals surface area contributed by atoms with Crippen LogP contribution in [0.1, 0.15) is 37.0 Å². The molecule has 0 N–H and O–H groups in total. The van der Waals surface area contributed by atoms with Crippen LogP contribution in [-0.2, 0) is 20.8 Å². The van der Waals surface area contributed by atoms with Gasteiger partial charge in [-0.1, -0.05) is 42.4 Å². The van der Waals surface area contributed by atoms with Gasteiger partial charge in [-0.2, -0.15) is 0 Å². The van der Waals surface area contributed by atoms with Crippen LogP contribution in [0, 0.1) is 0 Å². The van der Waals surface area contributed by atoms with Gasteiger partial charge in [-0.05, 0) is 86.7 Å². The van der Waals surface area contributed by atoms with E-state index < -0.39 is 12.1 Å². The van der Waals surface area contributed by atoms with Crippen molar-refractivity contribution >= 4 is 44.0 Å². The molecule has 35 heavy (non-hydrogen) atoms. The first-order valence-corrected chi connectivity index (χ1v) is 12.8. The fraction of sp³-hybridized carbons (Fsp3) is 0.259. The molecule has 184 valence electrons. The van der Waals surface area contributed by atoms with Crippen molar-refractivity contribution < 1.29 is 23.8 Å². The van der Waals surface area contributed by atoms with Crippen LogP contribution in [0.25, 0.3) is 0 Å². The number of methoxy groups -OCH3 is 1. The van der Waals surface area contributed by atoms with E-state index in [1.54, 1.807) is 14.0 Å². The predicted molar refractivity (Wildman–Crippen MR) is 144 cm³/mol. The summed E-state index contributed by atoms with van der Waals surface area (Å²) in [6, 6.07) is 19.7. The first-order chi connectivity index (χ1) is 16.9. The van der Waals surface area contributed by atoms with E-state index in [-0.39, 0.29) is 0 Å². The van der Waals surface area contributed by atoms with Gasteiger partial charge in [0.15, 0.2) is 5.75 Å². The summed E-state index contributed by atoms with van der Waals surface area (Å²) in [7, 11) is 1.66. The van der Waals surface area contributed by atoms with Gasteiger partial charge in [-0.25, -0.2) is 4.79 Å². The lowest BCUT2D eigenvalue weighted by Crippen LogP contribution is -2.24. The van der Waals surface area contributed by atoms with Crippen molar-refractivity contribution in [3.05, 3.63) is 86.3 Å². The van der Waals surface area contributed by atoms with Crippen molar-refractivity contribution in [3.63, 3.8) is 0 Å². The fourth-order valence-corrected chi connectivity index (χ4v) is 4.71. The highest BCUT2D eigenvalue weighted by Gasteiger charge is 2.19. The normalized spacial score (nSPS) is 11.8. The van der Waals surface area contributed by atoms with Crippen molar-refractivity contribution in [2.75, 3.05) is 13.7 Å². The molecule has 0 aliphatic carbocycles. The van der Waals surface area contributed by atoms with E-state index in [2.05, 4.69) is 49.1 Å². The van der Waals surface area contributed by atoms with E-state index in [0.717, 1.165) is 32.2 Å². The zero-order chi connectivity index (χ0) is 25.2. The Labute approximate surface area is 222 Å². The standard InChI is InChI=1S/C27H27Br2NO5/c1-4-24(27(31)33-5-2)35-30-17-19-14-22(28)26(23(29)15-19)34-21-11-12-25(32-3)20(16-21)13-18-9-7-6-8-10-18/h6-12,14-17,24H,4-5,13H2,1-3H3. The topological polar surface area (TPSA) is 66.4 Å². The maximum atomic E-state index is 11.8. The van der Waals surface area contributed by atoms with E-state index in [1.165, 1.54) is 11.8 Å². The van der Waals surface area contributed by atoms with Gasteiger partial charge in [-0.15, -0.1) is 0 Å². The Bertz CT molecular complexity index is 1140. The molecule has 0 fully saturated rings. The zero-order valence-corrected chi connectivity index (χ0v) is 23.0. The lowest BCUT2D eigenvalue weighted by Gasteiger charge is -2.14. The van der Waals surface area contributed by atoms with Crippen LogP contribution in [0.15, 0.2) is 74.8 Å². The molecule has 0 bridgehead atoms. The SMILES string of the molecule is CCOC(=O)C(CC)ON=Cc1cc(Br)c(Oc2ccc(OC)c(Cc3ccccc3)c2)c(Br)c1. The van der Waals surface area contributed by atoms with Crippen molar-refractivity contribution in [1.82, 2.24) is 0 Å². The second kappa shape index (κ2) is 13.3. The molecular weight excluding hydrogens is 578 g/mol. The Kier molecular flexibility index (Phi) is 10.2. The predicted octanol–water partition coefficient (Wildman–Crippen LogP) is 7.30. The molecule has 0 aromatic heterocycles. The molecule has 1 unspecified atom stereocenters. The van der Waals surface area contributed by atoms with Crippen LogP contribution in [0.3, 0.4) is 0 Å². The van der Waals surface area contributed by atoms with Gasteiger partial charge < -0.3 is 19.0 Å². The first-order valence-electron chi connectivity index (χ1n) is 11.2. The average molecular weight is 605 g/mol. The van der Waals surface area contributed by atoms with E-state index in [1.807, 2.05) is 55.5 Å². The molecule has 3 aromatic carbocycles. The highest BCUT2D eigenvalue weighted by molar-refractivity contribution is 9.11. The molecule has 0 saturated heterocycles. The number of hydrogen-bond acceptors (Lipinski definition) is 6. The minimum atomic E-state index is -0.735. The third-order valence-corrected chi connectivity index (χ3v) is 6.22. The Morgan fingerprint density at radius 1 is 1.03 bits per heavy atom. The van der Waals surface area contributed by atoms with Crippen molar-refractivity contribution in [1.29, 1.82) is 0 Å². The number of benzene rings is 3. The van der Waals surface area contributed by atoms with E-state index in [0.29, 0.717) is 24.5 Å². The molecule has 0 heterocycles. The van der Waals surface area contributed by atoms with Crippen molar-refractivity contribution in [2.24, 2.45) is 5.16 Å². The summed E-state index contributed by atoms with van der Waals surface area (Å²) < 4.78 is 18.2. The Balaban J connectivity index is 1.75. The second-order valence-corrected chi connectivity index (χ2v) is 9.25. The molecule has 0 saturated carbocycles. The maximum absolute atomic E-state index is 11.8. The molecule has 8 heteroatoms. The van der Waals surface area contributed by atoms with Crippen LogP contribution in [0.5, 0.6) is 17.2 Å². The molecule has 6 nitrogen and oxygen atoms in total. The number of oxime groups is 1. The van der Waals surface area contributed by atoms with Crippen LogP contribution in [0.4, 0.5) is 0 Å². The second-order valence-electron chi connectivity index (χ2n) is 7.54. The quantitative estimate of drug-likeness (QED) is 0.131. The van der Waals surface area contributed by atoms with Gasteiger partial charge in [-0.3, -0.25) is 0 Å². The summed E-state index contributed by atoms with van der Waals surface area (Å²) >= 11 is 7.16. The number of carbonyl (C=O) groups is 1. The summed E-state index contributed by atoms with van der Waals surface area (Å²) in [5, 5.41) is 3.96. The number of carbonyl (C=O) groups excluding carboxylic acids is 1. The van der Waals surface area contributed by atoms with E-state index in [9.17, 15) is 4.79 Å². The first kappa shape index (κ1) is 26.8. The number of esters is 1. The molecular formula is C27H27Br2NO5. The Morgan fingerprint density at radius 2 is 1.74 bits per heavy atom. The fourth-order valence-electron chi connectivity index (χ4n) is 3.33. The van der Waals surface area contributed by atoms with Crippen LogP contribution >= 0.6 is 31.9 Å².